The molecule has 4 heteroatoms. The van der Waals surface area contributed by atoms with Gasteiger partial charge in [-0.2, -0.15) is 0 Å². The van der Waals surface area contributed by atoms with Crippen molar-refractivity contribution in [3.8, 4) is 5.75 Å². The lowest BCUT2D eigenvalue weighted by Gasteiger charge is -2.13. The third-order valence-electron chi connectivity index (χ3n) is 3.27. The number of aryl methyl sites for hydroxylation is 1. The molecule has 0 saturated carbocycles. The highest BCUT2D eigenvalue weighted by atomic mass is 35.5. The molecule has 110 valence electrons. The van der Waals surface area contributed by atoms with E-state index in [9.17, 15) is 9.90 Å². The van der Waals surface area contributed by atoms with Gasteiger partial charge in [0.25, 0.3) is 0 Å². The maximum Gasteiger partial charge on any atom is 0.311 e. The van der Waals surface area contributed by atoms with Gasteiger partial charge in [0.15, 0.2) is 0 Å². The summed E-state index contributed by atoms with van der Waals surface area (Å²) in [5.74, 6) is -0.696. The predicted molar refractivity (Wildman–Crippen MR) is 83.1 cm³/mol. The van der Waals surface area contributed by atoms with Crippen LogP contribution >= 0.6 is 11.6 Å². The Kier molecular flexibility index (Phi) is 5.23. The van der Waals surface area contributed by atoms with Gasteiger partial charge in [0.05, 0.1) is 12.5 Å². The Bertz CT molecular complexity index is 590. The molecular weight excluding hydrogens is 288 g/mol. The SMILES string of the molecule is Cc1ccc(OCCC(C(=O)O)c2ccc(Cl)cc2)cc1. The topological polar surface area (TPSA) is 46.5 Å². The third-order valence-corrected chi connectivity index (χ3v) is 3.52. The first-order valence-electron chi connectivity index (χ1n) is 6.74. The number of carboxylic acids is 1. The lowest BCUT2D eigenvalue weighted by molar-refractivity contribution is -0.139. The summed E-state index contributed by atoms with van der Waals surface area (Å²) < 4.78 is 5.60. The van der Waals surface area contributed by atoms with Crippen LogP contribution in [-0.4, -0.2) is 17.7 Å². The van der Waals surface area contributed by atoms with E-state index >= 15 is 0 Å². The number of carbonyl (C=O) groups is 1. The Morgan fingerprint density at radius 2 is 1.76 bits per heavy atom. The van der Waals surface area contributed by atoms with Crippen LogP contribution in [0.15, 0.2) is 48.5 Å². The fourth-order valence-electron chi connectivity index (χ4n) is 2.06. The van der Waals surface area contributed by atoms with Crippen LogP contribution in [-0.2, 0) is 4.79 Å². The number of carboxylic acid groups (broad SMARTS) is 1. The average Bonchev–Trinajstić information content (AvgIpc) is 2.46. The van der Waals surface area contributed by atoms with E-state index in [-0.39, 0.29) is 0 Å². The summed E-state index contributed by atoms with van der Waals surface area (Å²) >= 11 is 5.82. The molecule has 0 aliphatic heterocycles. The largest absolute Gasteiger partial charge is 0.494 e. The van der Waals surface area contributed by atoms with Crippen LogP contribution in [0.1, 0.15) is 23.5 Å². The molecular formula is C17H17ClO3. The van der Waals surface area contributed by atoms with Crippen molar-refractivity contribution in [2.24, 2.45) is 0 Å². The van der Waals surface area contributed by atoms with Crippen molar-refractivity contribution in [3.63, 3.8) is 0 Å². The summed E-state index contributed by atoms with van der Waals surface area (Å²) in [7, 11) is 0. The predicted octanol–water partition coefficient (Wildman–Crippen LogP) is 4.29. The lowest BCUT2D eigenvalue weighted by atomic mass is 9.96. The monoisotopic (exact) mass is 304 g/mol. The van der Waals surface area contributed by atoms with Crippen molar-refractivity contribution in [1.82, 2.24) is 0 Å². The molecule has 0 aliphatic rings. The first kappa shape index (κ1) is 15.4. The minimum absolute atomic E-state index is 0.350. The van der Waals surface area contributed by atoms with Crippen LogP contribution in [0.5, 0.6) is 5.75 Å². The number of hydrogen-bond acceptors (Lipinski definition) is 2. The van der Waals surface area contributed by atoms with E-state index in [0.717, 1.165) is 16.9 Å². The summed E-state index contributed by atoms with van der Waals surface area (Å²) in [5.41, 5.74) is 1.89. The van der Waals surface area contributed by atoms with Crippen molar-refractivity contribution in [3.05, 3.63) is 64.7 Å². The second-order valence-electron chi connectivity index (χ2n) is 4.89. The number of aliphatic carboxylic acids is 1. The van der Waals surface area contributed by atoms with E-state index < -0.39 is 11.9 Å². The molecule has 3 nitrogen and oxygen atoms in total. The zero-order valence-electron chi connectivity index (χ0n) is 11.8. The number of hydrogen-bond donors (Lipinski definition) is 1. The fourth-order valence-corrected chi connectivity index (χ4v) is 2.18. The molecule has 21 heavy (non-hydrogen) atoms. The minimum atomic E-state index is -0.857. The Labute approximate surface area is 129 Å². The van der Waals surface area contributed by atoms with Crippen LogP contribution in [0.3, 0.4) is 0 Å². The van der Waals surface area contributed by atoms with E-state index in [2.05, 4.69) is 0 Å². The van der Waals surface area contributed by atoms with Crippen molar-refractivity contribution in [2.75, 3.05) is 6.61 Å². The fraction of sp³-hybridized carbons (Fsp3) is 0.235. The standard InChI is InChI=1S/C17H17ClO3/c1-12-2-8-15(9-3-12)21-11-10-16(17(19)20)13-4-6-14(18)7-5-13/h2-9,16H,10-11H2,1H3,(H,19,20). The Morgan fingerprint density at radius 1 is 1.14 bits per heavy atom. The van der Waals surface area contributed by atoms with Crippen LogP contribution in [0.4, 0.5) is 0 Å². The van der Waals surface area contributed by atoms with E-state index in [4.69, 9.17) is 16.3 Å². The molecule has 1 atom stereocenters. The first-order chi connectivity index (χ1) is 10.1. The third kappa shape index (κ3) is 4.50. The molecule has 0 aliphatic carbocycles. The van der Waals surface area contributed by atoms with Crippen molar-refractivity contribution >= 4 is 17.6 Å². The normalized spacial score (nSPS) is 11.9. The van der Waals surface area contributed by atoms with Crippen molar-refractivity contribution in [1.29, 1.82) is 0 Å². The van der Waals surface area contributed by atoms with Crippen molar-refractivity contribution in [2.45, 2.75) is 19.3 Å². The highest BCUT2D eigenvalue weighted by molar-refractivity contribution is 6.30. The van der Waals surface area contributed by atoms with E-state index in [1.165, 1.54) is 0 Å². The zero-order valence-corrected chi connectivity index (χ0v) is 12.5. The Balaban J connectivity index is 1.96. The summed E-state index contributed by atoms with van der Waals surface area (Å²) in [4.78, 5) is 11.4. The maximum absolute atomic E-state index is 11.4. The van der Waals surface area contributed by atoms with Gasteiger partial charge < -0.3 is 9.84 Å². The summed E-state index contributed by atoms with van der Waals surface area (Å²) in [6.45, 7) is 2.35. The van der Waals surface area contributed by atoms with Gasteiger partial charge in [-0.3, -0.25) is 4.79 Å². The molecule has 2 aromatic carbocycles. The summed E-state index contributed by atoms with van der Waals surface area (Å²) in [6.07, 6.45) is 0.408. The van der Waals surface area contributed by atoms with Gasteiger partial charge in [-0.15, -0.1) is 0 Å². The van der Waals surface area contributed by atoms with Crippen molar-refractivity contribution < 1.29 is 14.6 Å². The smallest absolute Gasteiger partial charge is 0.311 e. The summed E-state index contributed by atoms with van der Waals surface area (Å²) in [6, 6.07) is 14.6. The van der Waals surface area contributed by atoms with Gasteiger partial charge in [-0.25, -0.2) is 0 Å². The Hall–Kier alpha value is -2.00. The van der Waals surface area contributed by atoms with Gasteiger partial charge in [0.2, 0.25) is 0 Å². The van der Waals surface area contributed by atoms with Gasteiger partial charge in [-0.05, 0) is 43.2 Å². The zero-order chi connectivity index (χ0) is 15.2. The van der Waals surface area contributed by atoms with Crippen LogP contribution in [0, 0.1) is 6.92 Å². The molecule has 2 aromatic rings. The molecule has 0 bridgehead atoms. The molecule has 0 saturated heterocycles. The molecule has 0 aromatic heterocycles. The summed E-state index contributed by atoms with van der Waals surface area (Å²) in [5, 5.41) is 9.94. The molecule has 0 amide bonds. The number of halogens is 1. The second-order valence-corrected chi connectivity index (χ2v) is 5.33. The number of rotatable bonds is 6. The number of benzene rings is 2. The lowest BCUT2D eigenvalue weighted by Crippen LogP contribution is -2.15. The molecule has 0 radical (unpaired) electrons. The number of ether oxygens (including phenoxy) is 1. The quantitative estimate of drug-likeness (QED) is 0.866. The van der Waals surface area contributed by atoms with Crippen LogP contribution in [0.2, 0.25) is 5.02 Å². The van der Waals surface area contributed by atoms with E-state index in [0.29, 0.717) is 18.1 Å². The van der Waals surface area contributed by atoms with Crippen LogP contribution in [0.25, 0.3) is 0 Å². The molecule has 1 unspecified atom stereocenters. The van der Waals surface area contributed by atoms with E-state index in [1.54, 1.807) is 24.3 Å². The minimum Gasteiger partial charge on any atom is -0.494 e. The average molecular weight is 305 g/mol. The molecule has 1 N–H and O–H groups in total. The van der Waals surface area contributed by atoms with Gasteiger partial charge in [-0.1, -0.05) is 41.4 Å². The highest BCUT2D eigenvalue weighted by Gasteiger charge is 2.19. The van der Waals surface area contributed by atoms with Gasteiger partial charge in [0, 0.05) is 5.02 Å². The van der Waals surface area contributed by atoms with E-state index in [1.807, 2.05) is 31.2 Å². The highest BCUT2D eigenvalue weighted by Crippen LogP contribution is 2.22. The van der Waals surface area contributed by atoms with Gasteiger partial charge in [0.1, 0.15) is 5.75 Å². The molecule has 0 spiro atoms. The van der Waals surface area contributed by atoms with Crippen LogP contribution < -0.4 is 4.74 Å². The Morgan fingerprint density at radius 3 is 2.33 bits per heavy atom. The molecule has 0 heterocycles. The second kappa shape index (κ2) is 7.14. The van der Waals surface area contributed by atoms with Gasteiger partial charge >= 0.3 is 5.97 Å². The molecule has 2 rings (SSSR count). The molecule has 0 fully saturated rings. The maximum atomic E-state index is 11.4. The first-order valence-corrected chi connectivity index (χ1v) is 7.12.